The number of benzene rings is 1. The van der Waals surface area contributed by atoms with E-state index in [4.69, 9.17) is 0 Å². The summed E-state index contributed by atoms with van der Waals surface area (Å²) in [6, 6.07) is 9.28. The minimum atomic E-state index is -0.173. The van der Waals surface area contributed by atoms with Crippen molar-refractivity contribution in [1.82, 2.24) is 5.32 Å². The fourth-order valence-corrected chi connectivity index (χ4v) is 3.25. The predicted molar refractivity (Wildman–Crippen MR) is 88.7 cm³/mol. The van der Waals surface area contributed by atoms with Crippen molar-refractivity contribution in [3.8, 4) is 0 Å². The van der Waals surface area contributed by atoms with Crippen LogP contribution in [0.2, 0.25) is 0 Å². The van der Waals surface area contributed by atoms with Crippen molar-refractivity contribution in [2.45, 2.75) is 32.7 Å². The third-order valence-corrected chi connectivity index (χ3v) is 4.58. The van der Waals surface area contributed by atoms with Gasteiger partial charge in [-0.15, -0.1) is 11.3 Å². The molecule has 0 spiro atoms. The minimum Gasteiger partial charge on any atom is -0.349 e. The van der Waals surface area contributed by atoms with Gasteiger partial charge in [-0.2, -0.15) is 0 Å². The number of amides is 2. The van der Waals surface area contributed by atoms with Crippen LogP contribution < -0.4 is 10.6 Å². The zero-order valence-electron chi connectivity index (χ0n) is 12.6. The number of carbonyl (C=O) groups is 2. The summed E-state index contributed by atoms with van der Waals surface area (Å²) >= 11 is 1.60. The van der Waals surface area contributed by atoms with Crippen LogP contribution in [0.1, 0.15) is 43.3 Å². The summed E-state index contributed by atoms with van der Waals surface area (Å²) in [5.41, 5.74) is 1.72. The van der Waals surface area contributed by atoms with Gasteiger partial charge in [-0.05, 0) is 44.9 Å². The third kappa shape index (κ3) is 3.20. The molecular weight excluding hydrogens is 296 g/mol. The van der Waals surface area contributed by atoms with E-state index in [2.05, 4.69) is 10.6 Å². The molecule has 1 saturated carbocycles. The maximum absolute atomic E-state index is 12.4. The number of nitrogens with one attached hydrogen (secondary N) is 2. The number of hydrogen-bond acceptors (Lipinski definition) is 3. The first-order valence-electron chi connectivity index (χ1n) is 7.33. The van der Waals surface area contributed by atoms with Crippen LogP contribution in [0, 0.1) is 13.8 Å². The molecule has 3 rings (SSSR count). The van der Waals surface area contributed by atoms with Gasteiger partial charge in [-0.25, -0.2) is 0 Å². The van der Waals surface area contributed by atoms with Crippen LogP contribution in [0.3, 0.4) is 0 Å². The van der Waals surface area contributed by atoms with Crippen molar-refractivity contribution >= 4 is 28.8 Å². The highest BCUT2D eigenvalue weighted by atomic mass is 32.1. The summed E-state index contributed by atoms with van der Waals surface area (Å²) in [6.45, 7) is 3.91. The van der Waals surface area contributed by atoms with Crippen molar-refractivity contribution < 1.29 is 9.59 Å². The van der Waals surface area contributed by atoms with Crippen molar-refractivity contribution in [3.63, 3.8) is 0 Å². The zero-order valence-corrected chi connectivity index (χ0v) is 13.4. The van der Waals surface area contributed by atoms with Crippen LogP contribution >= 0.6 is 11.3 Å². The molecular formula is C17H18N2O2S. The van der Waals surface area contributed by atoms with Crippen molar-refractivity contribution in [3.05, 3.63) is 51.2 Å². The SMILES string of the molecule is Cc1cc(C(=O)Nc2ccccc2C(=O)NC2CC2)c(C)s1. The summed E-state index contributed by atoms with van der Waals surface area (Å²) in [5, 5.41) is 5.81. The second-order valence-corrected chi connectivity index (χ2v) is 7.03. The van der Waals surface area contributed by atoms with Gasteiger partial charge in [0.2, 0.25) is 0 Å². The van der Waals surface area contributed by atoms with Gasteiger partial charge in [-0.3, -0.25) is 9.59 Å². The summed E-state index contributed by atoms with van der Waals surface area (Å²) in [5.74, 6) is -0.301. The maximum atomic E-state index is 12.4. The maximum Gasteiger partial charge on any atom is 0.256 e. The monoisotopic (exact) mass is 314 g/mol. The quantitative estimate of drug-likeness (QED) is 0.907. The molecule has 4 nitrogen and oxygen atoms in total. The van der Waals surface area contributed by atoms with Crippen molar-refractivity contribution in [2.24, 2.45) is 0 Å². The molecule has 2 N–H and O–H groups in total. The van der Waals surface area contributed by atoms with Gasteiger partial charge in [0.05, 0.1) is 16.8 Å². The summed E-state index contributed by atoms with van der Waals surface area (Å²) in [7, 11) is 0. The predicted octanol–water partition coefficient (Wildman–Crippen LogP) is 3.51. The topological polar surface area (TPSA) is 58.2 Å². The van der Waals surface area contributed by atoms with Crippen LogP contribution in [0.25, 0.3) is 0 Å². The summed E-state index contributed by atoms with van der Waals surface area (Å²) < 4.78 is 0. The van der Waals surface area contributed by atoms with Crippen molar-refractivity contribution in [2.75, 3.05) is 5.32 Å². The van der Waals surface area contributed by atoms with Crippen LogP contribution in [0.15, 0.2) is 30.3 Å². The molecule has 0 unspecified atom stereocenters. The second-order valence-electron chi connectivity index (χ2n) is 5.57. The molecule has 0 atom stereocenters. The molecule has 5 heteroatoms. The van der Waals surface area contributed by atoms with Gasteiger partial charge in [0, 0.05) is 15.8 Å². The average Bonchev–Trinajstić information content (AvgIpc) is 3.22. The number of hydrogen-bond donors (Lipinski definition) is 2. The highest BCUT2D eigenvalue weighted by Gasteiger charge is 2.25. The first kappa shape index (κ1) is 14.8. The number of thiophene rings is 1. The normalized spacial score (nSPS) is 13.7. The average molecular weight is 314 g/mol. The molecule has 1 aliphatic carbocycles. The van der Waals surface area contributed by atoms with Crippen molar-refractivity contribution in [1.29, 1.82) is 0 Å². The Balaban J connectivity index is 1.81. The summed E-state index contributed by atoms with van der Waals surface area (Å²) in [4.78, 5) is 26.7. The molecule has 2 aromatic rings. The number of rotatable bonds is 4. The summed E-state index contributed by atoms with van der Waals surface area (Å²) in [6.07, 6.45) is 2.07. The molecule has 0 saturated heterocycles. The largest absolute Gasteiger partial charge is 0.349 e. The zero-order chi connectivity index (χ0) is 15.7. The first-order chi connectivity index (χ1) is 10.5. The molecule has 0 radical (unpaired) electrons. The molecule has 22 heavy (non-hydrogen) atoms. The Morgan fingerprint density at radius 3 is 2.45 bits per heavy atom. The number of para-hydroxylation sites is 1. The van der Waals surface area contributed by atoms with E-state index in [1.807, 2.05) is 26.0 Å². The smallest absolute Gasteiger partial charge is 0.256 e. The lowest BCUT2D eigenvalue weighted by molar-refractivity contribution is 0.0952. The van der Waals surface area contributed by atoms with E-state index in [-0.39, 0.29) is 17.9 Å². The van der Waals surface area contributed by atoms with E-state index < -0.39 is 0 Å². The van der Waals surface area contributed by atoms with Gasteiger partial charge >= 0.3 is 0 Å². The molecule has 1 aromatic heterocycles. The molecule has 1 fully saturated rings. The number of carbonyl (C=O) groups excluding carboxylic acids is 2. The fourth-order valence-electron chi connectivity index (χ4n) is 2.33. The second kappa shape index (κ2) is 5.93. The number of anilines is 1. The van der Waals surface area contributed by atoms with Crippen LogP contribution in [-0.2, 0) is 0 Å². The minimum absolute atomic E-state index is 0.128. The molecule has 0 bridgehead atoms. The lowest BCUT2D eigenvalue weighted by atomic mass is 10.1. The number of aryl methyl sites for hydroxylation is 2. The molecule has 2 amide bonds. The first-order valence-corrected chi connectivity index (χ1v) is 8.14. The van der Waals surface area contributed by atoms with Gasteiger partial charge in [-0.1, -0.05) is 12.1 Å². The Labute approximate surface area is 133 Å². The van der Waals surface area contributed by atoms with Crippen LogP contribution in [-0.4, -0.2) is 17.9 Å². The highest BCUT2D eigenvalue weighted by Crippen LogP contribution is 2.24. The Bertz CT molecular complexity index is 732. The lowest BCUT2D eigenvalue weighted by Crippen LogP contribution is -2.27. The standard InChI is InChI=1S/C17H18N2O2S/c1-10-9-14(11(2)22-10)17(21)19-15-6-4-3-5-13(15)16(20)18-12-7-8-12/h3-6,9,12H,7-8H2,1-2H3,(H,18,20)(H,19,21). The molecule has 114 valence electrons. The van der Waals surface area contributed by atoms with E-state index in [0.717, 1.165) is 22.6 Å². The molecule has 1 aromatic carbocycles. The Morgan fingerprint density at radius 2 is 1.82 bits per heavy atom. The van der Waals surface area contributed by atoms with E-state index in [1.165, 1.54) is 0 Å². The van der Waals surface area contributed by atoms with E-state index in [9.17, 15) is 9.59 Å². The lowest BCUT2D eigenvalue weighted by Gasteiger charge is -2.11. The van der Waals surface area contributed by atoms with Gasteiger partial charge in [0.1, 0.15) is 0 Å². The Kier molecular flexibility index (Phi) is 3.98. The van der Waals surface area contributed by atoms with Crippen LogP contribution in [0.4, 0.5) is 5.69 Å². The third-order valence-electron chi connectivity index (χ3n) is 3.62. The fraction of sp³-hybridized carbons (Fsp3) is 0.294. The Hall–Kier alpha value is -2.14. The Morgan fingerprint density at radius 1 is 1.09 bits per heavy atom. The van der Waals surface area contributed by atoms with Gasteiger partial charge < -0.3 is 10.6 Å². The molecule has 1 heterocycles. The molecule has 0 aliphatic heterocycles. The van der Waals surface area contributed by atoms with E-state index in [1.54, 1.807) is 29.5 Å². The van der Waals surface area contributed by atoms with Crippen LogP contribution in [0.5, 0.6) is 0 Å². The van der Waals surface area contributed by atoms with E-state index >= 15 is 0 Å². The van der Waals surface area contributed by atoms with E-state index in [0.29, 0.717) is 16.8 Å². The highest BCUT2D eigenvalue weighted by molar-refractivity contribution is 7.12. The molecule has 1 aliphatic rings. The van der Waals surface area contributed by atoms with Gasteiger partial charge in [0.15, 0.2) is 0 Å². The van der Waals surface area contributed by atoms with Gasteiger partial charge in [0.25, 0.3) is 11.8 Å².